The number of rotatable bonds is 7. The highest BCUT2D eigenvalue weighted by molar-refractivity contribution is 5.77. The minimum absolute atomic E-state index is 0.446. The van der Waals surface area contributed by atoms with Crippen LogP contribution in [0.25, 0.3) is 0 Å². The maximum absolute atomic E-state index is 5.79. The molecule has 0 aliphatic carbocycles. The van der Waals surface area contributed by atoms with Gasteiger partial charge in [0, 0.05) is 45.9 Å². The number of piperazine rings is 1. The van der Waals surface area contributed by atoms with E-state index in [4.69, 9.17) is 10.5 Å². The Labute approximate surface area is 117 Å². The number of methoxy groups -OCH3 is 1. The molecule has 0 radical (unpaired) electrons. The molecule has 112 valence electrons. The minimum Gasteiger partial charge on any atom is -0.383 e. The monoisotopic (exact) mass is 271 g/mol. The molecule has 0 spiro atoms. The Morgan fingerprint density at radius 1 is 1.37 bits per heavy atom. The lowest BCUT2D eigenvalue weighted by Gasteiger charge is -2.37. The van der Waals surface area contributed by atoms with Gasteiger partial charge in [-0.2, -0.15) is 0 Å². The molecule has 0 bridgehead atoms. The van der Waals surface area contributed by atoms with E-state index < -0.39 is 0 Å². The molecule has 1 rings (SSSR count). The quantitative estimate of drug-likeness (QED) is 0.373. The fourth-order valence-corrected chi connectivity index (χ4v) is 2.20. The molecule has 3 N–H and O–H groups in total. The lowest BCUT2D eigenvalue weighted by atomic mass is 10.2. The van der Waals surface area contributed by atoms with E-state index in [1.165, 1.54) is 0 Å². The summed E-state index contributed by atoms with van der Waals surface area (Å²) in [5.74, 6) is 0.510. The number of hydrogen-bond acceptors (Lipinski definition) is 4. The molecule has 0 amide bonds. The molecule has 1 aliphatic rings. The van der Waals surface area contributed by atoms with Crippen molar-refractivity contribution in [1.82, 2.24) is 15.1 Å². The third-order valence-electron chi connectivity index (χ3n) is 3.62. The van der Waals surface area contributed by atoms with Crippen LogP contribution >= 0.6 is 0 Å². The molecule has 1 heterocycles. The lowest BCUT2D eigenvalue weighted by molar-refractivity contribution is 0.109. The van der Waals surface area contributed by atoms with E-state index in [1.54, 1.807) is 7.11 Å². The second-order valence-electron chi connectivity index (χ2n) is 4.96. The van der Waals surface area contributed by atoms with Gasteiger partial charge in [-0.15, -0.1) is 0 Å². The maximum atomic E-state index is 5.79. The zero-order valence-corrected chi connectivity index (χ0v) is 12.6. The van der Waals surface area contributed by atoms with E-state index in [0.717, 1.165) is 39.3 Å². The molecular formula is C13H29N5O. The molecule has 1 aliphatic heterocycles. The number of nitrogens with two attached hydrogens (primary N) is 1. The number of likely N-dealkylation sites (N-methyl/N-ethyl adjacent to an activating group) is 1. The molecule has 1 saturated heterocycles. The number of hydrogen-bond donors (Lipinski definition) is 2. The SMILES string of the molecule is CCN1CCN(C(C)CN=C(N)NCCOC)CC1. The summed E-state index contributed by atoms with van der Waals surface area (Å²) in [6, 6.07) is 0.446. The highest BCUT2D eigenvalue weighted by atomic mass is 16.5. The van der Waals surface area contributed by atoms with Crippen molar-refractivity contribution in [3.8, 4) is 0 Å². The van der Waals surface area contributed by atoms with Crippen LogP contribution in [0.3, 0.4) is 0 Å². The van der Waals surface area contributed by atoms with Crippen LogP contribution in [0.15, 0.2) is 4.99 Å². The van der Waals surface area contributed by atoms with Crippen LogP contribution in [-0.2, 0) is 4.74 Å². The summed E-state index contributed by atoms with van der Waals surface area (Å²) in [5.41, 5.74) is 5.79. The van der Waals surface area contributed by atoms with E-state index >= 15 is 0 Å². The molecule has 1 fully saturated rings. The molecule has 19 heavy (non-hydrogen) atoms. The van der Waals surface area contributed by atoms with E-state index in [9.17, 15) is 0 Å². The Hall–Kier alpha value is -0.850. The molecule has 0 aromatic carbocycles. The van der Waals surface area contributed by atoms with Gasteiger partial charge in [-0.3, -0.25) is 9.89 Å². The smallest absolute Gasteiger partial charge is 0.188 e. The Bertz CT molecular complexity index is 264. The van der Waals surface area contributed by atoms with Crippen LogP contribution in [0.5, 0.6) is 0 Å². The summed E-state index contributed by atoms with van der Waals surface area (Å²) in [6.07, 6.45) is 0. The maximum Gasteiger partial charge on any atom is 0.188 e. The highest BCUT2D eigenvalue weighted by Crippen LogP contribution is 2.06. The zero-order chi connectivity index (χ0) is 14.1. The Morgan fingerprint density at radius 2 is 2.05 bits per heavy atom. The Morgan fingerprint density at radius 3 is 2.63 bits per heavy atom. The first-order valence-electron chi connectivity index (χ1n) is 7.16. The molecule has 6 nitrogen and oxygen atoms in total. The van der Waals surface area contributed by atoms with E-state index in [1.807, 2.05) is 0 Å². The van der Waals surface area contributed by atoms with Crippen LogP contribution in [0.2, 0.25) is 0 Å². The van der Waals surface area contributed by atoms with Gasteiger partial charge in [0.15, 0.2) is 5.96 Å². The van der Waals surface area contributed by atoms with E-state index in [0.29, 0.717) is 25.2 Å². The van der Waals surface area contributed by atoms with Gasteiger partial charge in [0.05, 0.1) is 13.2 Å². The normalized spacial score (nSPS) is 20.5. The van der Waals surface area contributed by atoms with Crippen LogP contribution in [-0.4, -0.2) is 81.3 Å². The Kier molecular flexibility index (Phi) is 7.78. The molecule has 1 atom stereocenters. The van der Waals surface area contributed by atoms with Crippen LogP contribution in [0.1, 0.15) is 13.8 Å². The molecule has 0 aromatic heterocycles. The van der Waals surface area contributed by atoms with Crippen molar-refractivity contribution >= 4 is 5.96 Å². The zero-order valence-electron chi connectivity index (χ0n) is 12.6. The van der Waals surface area contributed by atoms with Gasteiger partial charge in [-0.05, 0) is 13.5 Å². The molecule has 0 saturated carbocycles. The van der Waals surface area contributed by atoms with Crippen molar-refractivity contribution in [2.45, 2.75) is 19.9 Å². The van der Waals surface area contributed by atoms with Gasteiger partial charge in [-0.25, -0.2) is 0 Å². The summed E-state index contributed by atoms with van der Waals surface area (Å²) >= 11 is 0. The minimum atomic E-state index is 0.446. The van der Waals surface area contributed by atoms with Crippen molar-refractivity contribution in [2.24, 2.45) is 10.7 Å². The number of nitrogens with one attached hydrogen (secondary N) is 1. The predicted molar refractivity (Wildman–Crippen MR) is 79.5 cm³/mol. The van der Waals surface area contributed by atoms with Crippen molar-refractivity contribution in [1.29, 1.82) is 0 Å². The molecule has 0 aromatic rings. The van der Waals surface area contributed by atoms with Crippen molar-refractivity contribution < 1.29 is 4.74 Å². The number of guanidine groups is 1. The van der Waals surface area contributed by atoms with Crippen molar-refractivity contribution in [2.75, 3.05) is 59.5 Å². The third-order valence-corrected chi connectivity index (χ3v) is 3.62. The Balaban J connectivity index is 2.23. The fraction of sp³-hybridized carbons (Fsp3) is 0.923. The second kappa shape index (κ2) is 9.12. The number of aliphatic imine (C=N–C) groups is 1. The third kappa shape index (κ3) is 6.22. The summed E-state index contributed by atoms with van der Waals surface area (Å²) < 4.78 is 4.95. The van der Waals surface area contributed by atoms with Crippen LogP contribution < -0.4 is 11.1 Å². The van der Waals surface area contributed by atoms with Gasteiger partial charge in [0.1, 0.15) is 0 Å². The predicted octanol–water partition coefficient (Wildman–Crippen LogP) is -0.437. The highest BCUT2D eigenvalue weighted by Gasteiger charge is 2.19. The number of nitrogens with zero attached hydrogens (tertiary/aromatic N) is 3. The topological polar surface area (TPSA) is 66.1 Å². The van der Waals surface area contributed by atoms with Gasteiger partial charge in [-0.1, -0.05) is 6.92 Å². The summed E-state index contributed by atoms with van der Waals surface area (Å²) in [6.45, 7) is 12.2. The van der Waals surface area contributed by atoms with Gasteiger partial charge in [0.25, 0.3) is 0 Å². The average molecular weight is 271 g/mol. The first-order chi connectivity index (χ1) is 9.17. The van der Waals surface area contributed by atoms with Gasteiger partial charge < -0.3 is 20.7 Å². The number of ether oxygens (including phenoxy) is 1. The lowest BCUT2D eigenvalue weighted by Crippen LogP contribution is -2.50. The summed E-state index contributed by atoms with van der Waals surface area (Å²) in [4.78, 5) is 9.35. The van der Waals surface area contributed by atoms with Gasteiger partial charge in [0.2, 0.25) is 0 Å². The van der Waals surface area contributed by atoms with Crippen LogP contribution in [0.4, 0.5) is 0 Å². The molecule has 6 heteroatoms. The summed E-state index contributed by atoms with van der Waals surface area (Å²) in [5, 5.41) is 3.03. The van der Waals surface area contributed by atoms with Crippen LogP contribution in [0, 0.1) is 0 Å². The van der Waals surface area contributed by atoms with E-state index in [2.05, 4.69) is 34.0 Å². The average Bonchev–Trinajstić information content (AvgIpc) is 2.45. The largest absolute Gasteiger partial charge is 0.383 e. The van der Waals surface area contributed by atoms with Crippen molar-refractivity contribution in [3.63, 3.8) is 0 Å². The van der Waals surface area contributed by atoms with Gasteiger partial charge >= 0.3 is 0 Å². The first kappa shape index (κ1) is 16.2. The van der Waals surface area contributed by atoms with Crippen molar-refractivity contribution in [3.05, 3.63) is 0 Å². The fourth-order valence-electron chi connectivity index (χ4n) is 2.20. The summed E-state index contributed by atoms with van der Waals surface area (Å²) in [7, 11) is 1.67. The second-order valence-corrected chi connectivity index (χ2v) is 4.96. The molecule has 1 unspecified atom stereocenters. The molecular weight excluding hydrogens is 242 g/mol. The first-order valence-corrected chi connectivity index (χ1v) is 7.16. The standard InChI is InChI=1S/C13H29N5O/c1-4-17-6-8-18(9-7-17)12(2)11-16-13(14)15-5-10-19-3/h12H,4-11H2,1-3H3,(H3,14,15,16). The van der Waals surface area contributed by atoms with E-state index in [-0.39, 0.29) is 0 Å².